The number of hydrogen-bond acceptors (Lipinski definition) is 4. The molecule has 6 heteroatoms. The van der Waals surface area contributed by atoms with E-state index < -0.39 is 8.32 Å². The summed E-state index contributed by atoms with van der Waals surface area (Å²) in [5, 5.41) is 0.835. The van der Waals surface area contributed by atoms with Crippen molar-refractivity contribution in [1.82, 2.24) is 0 Å². The number of carbonyl (C=O) groups excluding carboxylic acids is 1. The van der Waals surface area contributed by atoms with Crippen molar-refractivity contribution >= 4 is 30.2 Å². The van der Waals surface area contributed by atoms with Crippen molar-refractivity contribution in [2.24, 2.45) is 0 Å². The van der Waals surface area contributed by atoms with E-state index in [-0.39, 0.29) is 23.2 Å². The number of alkyl halides is 1. The Labute approximate surface area is 179 Å². The number of methoxy groups -OCH3 is 1. The molecule has 0 saturated heterocycles. The molecular formula is C22H35BrO4Si. The van der Waals surface area contributed by atoms with E-state index in [9.17, 15) is 4.79 Å². The lowest BCUT2D eigenvalue weighted by Crippen LogP contribution is -2.48. The first-order valence-corrected chi connectivity index (χ1v) is 13.8. The van der Waals surface area contributed by atoms with Crippen LogP contribution in [0.3, 0.4) is 0 Å². The molecule has 0 spiro atoms. The largest absolute Gasteiger partial charge is 0.466 e. The van der Waals surface area contributed by atoms with E-state index >= 15 is 0 Å². The normalized spacial score (nSPS) is 14.8. The average Bonchev–Trinajstić information content (AvgIpc) is 2.65. The Kier molecular flexibility index (Phi) is 10.7. The van der Waals surface area contributed by atoms with Gasteiger partial charge in [0.05, 0.1) is 25.9 Å². The lowest BCUT2D eigenvalue weighted by Gasteiger charge is -2.41. The SMILES string of the molecule is COC(=O)/C=C/CC[C@H](OCc1ccccc1)[C@@H](CBr)O[Si](C)(C)C(C)(C)C. The minimum Gasteiger partial charge on any atom is -0.466 e. The van der Waals surface area contributed by atoms with Gasteiger partial charge in [0, 0.05) is 11.4 Å². The van der Waals surface area contributed by atoms with E-state index in [0.717, 1.165) is 18.4 Å². The average molecular weight is 472 g/mol. The number of benzene rings is 1. The maximum absolute atomic E-state index is 11.3. The van der Waals surface area contributed by atoms with Gasteiger partial charge in [0.25, 0.3) is 0 Å². The lowest BCUT2D eigenvalue weighted by atomic mass is 10.1. The molecule has 1 rings (SSSR count). The monoisotopic (exact) mass is 470 g/mol. The lowest BCUT2D eigenvalue weighted by molar-refractivity contribution is -0.134. The van der Waals surface area contributed by atoms with Crippen LogP contribution in [0.25, 0.3) is 0 Å². The summed E-state index contributed by atoms with van der Waals surface area (Å²) in [6.07, 6.45) is 4.67. The molecule has 0 aliphatic heterocycles. The molecule has 0 aliphatic rings. The van der Waals surface area contributed by atoms with Gasteiger partial charge in [-0.2, -0.15) is 0 Å². The predicted molar refractivity (Wildman–Crippen MR) is 121 cm³/mol. The van der Waals surface area contributed by atoms with E-state index in [1.165, 1.54) is 13.2 Å². The number of halogens is 1. The summed E-state index contributed by atoms with van der Waals surface area (Å²) in [6.45, 7) is 11.8. The van der Waals surface area contributed by atoms with Crippen molar-refractivity contribution in [2.45, 2.75) is 70.6 Å². The maximum atomic E-state index is 11.3. The van der Waals surface area contributed by atoms with Gasteiger partial charge in [0.2, 0.25) is 0 Å². The highest BCUT2D eigenvalue weighted by Crippen LogP contribution is 2.38. The van der Waals surface area contributed by atoms with Gasteiger partial charge in [0.15, 0.2) is 8.32 Å². The number of allylic oxidation sites excluding steroid dienone is 1. The molecule has 4 nitrogen and oxygen atoms in total. The van der Waals surface area contributed by atoms with Crippen LogP contribution >= 0.6 is 15.9 Å². The number of carbonyl (C=O) groups is 1. The fourth-order valence-corrected chi connectivity index (χ4v) is 4.56. The van der Waals surface area contributed by atoms with Crippen molar-refractivity contribution < 1.29 is 18.7 Å². The number of hydrogen-bond donors (Lipinski definition) is 0. The predicted octanol–water partition coefficient (Wildman–Crippen LogP) is 5.87. The Hall–Kier alpha value is -0.953. The second kappa shape index (κ2) is 11.9. The topological polar surface area (TPSA) is 44.8 Å². The summed E-state index contributed by atoms with van der Waals surface area (Å²) < 4.78 is 17.6. The first-order valence-electron chi connectivity index (χ1n) is 9.74. The van der Waals surface area contributed by atoms with Crippen molar-refractivity contribution in [1.29, 1.82) is 0 Å². The van der Waals surface area contributed by atoms with Gasteiger partial charge in [-0.15, -0.1) is 0 Å². The van der Waals surface area contributed by atoms with Crippen LogP contribution in [0.15, 0.2) is 42.5 Å². The smallest absolute Gasteiger partial charge is 0.330 e. The van der Waals surface area contributed by atoms with Crippen LogP contribution in [0.2, 0.25) is 18.1 Å². The van der Waals surface area contributed by atoms with E-state index in [0.29, 0.717) is 11.9 Å². The molecule has 28 heavy (non-hydrogen) atoms. The zero-order valence-electron chi connectivity index (χ0n) is 18.0. The van der Waals surface area contributed by atoms with Gasteiger partial charge in [-0.3, -0.25) is 0 Å². The Morgan fingerprint density at radius 2 is 1.82 bits per heavy atom. The highest BCUT2D eigenvalue weighted by atomic mass is 79.9. The van der Waals surface area contributed by atoms with E-state index in [4.69, 9.17) is 9.16 Å². The van der Waals surface area contributed by atoms with Gasteiger partial charge in [-0.1, -0.05) is 73.1 Å². The van der Waals surface area contributed by atoms with Crippen molar-refractivity contribution in [2.75, 3.05) is 12.4 Å². The molecule has 0 aromatic heterocycles. The van der Waals surface area contributed by atoms with Crippen LogP contribution in [-0.2, 0) is 25.3 Å². The van der Waals surface area contributed by atoms with Gasteiger partial charge < -0.3 is 13.9 Å². The molecular weight excluding hydrogens is 436 g/mol. The van der Waals surface area contributed by atoms with Crippen LogP contribution in [0, 0.1) is 0 Å². The summed E-state index contributed by atoms with van der Waals surface area (Å²) in [7, 11) is -0.552. The molecule has 0 aliphatic carbocycles. The fourth-order valence-electron chi connectivity index (χ4n) is 2.42. The number of ether oxygens (including phenoxy) is 2. The minimum atomic E-state index is -1.93. The van der Waals surface area contributed by atoms with Crippen LogP contribution in [-0.4, -0.2) is 38.9 Å². The van der Waals surface area contributed by atoms with E-state index in [2.05, 4.69) is 66.7 Å². The Balaban J connectivity index is 2.85. The number of esters is 1. The van der Waals surface area contributed by atoms with E-state index in [1.807, 2.05) is 24.3 Å². The van der Waals surface area contributed by atoms with Gasteiger partial charge in [-0.05, 0) is 36.5 Å². The van der Waals surface area contributed by atoms with Gasteiger partial charge >= 0.3 is 5.97 Å². The van der Waals surface area contributed by atoms with Crippen molar-refractivity contribution in [3.8, 4) is 0 Å². The molecule has 2 atom stereocenters. The minimum absolute atomic E-state index is 0.0452. The van der Waals surface area contributed by atoms with E-state index in [1.54, 1.807) is 0 Å². The van der Waals surface area contributed by atoms with Crippen LogP contribution < -0.4 is 0 Å². The highest BCUT2D eigenvalue weighted by Gasteiger charge is 2.40. The zero-order valence-corrected chi connectivity index (χ0v) is 20.6. The Morgan fingerprint density at radius 3 is 2.36 bits per heavy atom. The third kappa shape index (κ3) is 8.60. The molecule has 1 aromatic rings. The molecule has 158 valence electrons. The quantitative estimate of drug-likeness (QED) is 0.175. The highest BCUT2D eigenvalue weighted by molar-refractivity contribution is 9.09. The molecule has 0 saturated carbocycles. The summed E-state index contributed by atoms with van der Waals surface area (Å²) in [5.41, 5.74) is 1.14. The van der Waals surface area contributed by atoms with Gasteiger partial charge in [0.1, 0.15) is 0 Å². The standard InChI is InChI=1S/C22H35BrO4Si/c1-22(2,3)28(5,6)27-20(16-23)19(14-10-11-15-21(24)25-4)26-17-18-12-8-7-9-13-18/h7-9,11-13,15,19-20H,10,14,16-17H2,1-6H3/b15-11+/t19-,20+/m0/s1. The summed E-state index contributed by atoms with van der Waals surface area (Å²) in [5.74, 6) is -0.337. The molecule has 0 heterocycles. The Morgan fingerprint density at radius 1 is 1.18 bits per heavy atom. The Bertz CT molecular complexity index is 611. The zero-order chi connectivity index (χ0) is 21.2. The summed E-state index contributed by atoms with van der Waals surface area (Å²) in [4.78, 5) is 11.3. The fraction of sp³-hybridized carbons (Fsp3) is 0.591. The molecule has 0 amide bonds. The van der Waals surface area contributed by atoms with Gasteiger partial charge in [-0.25, -0.2) is 4.79 Å². The second-order valence-corrected chi connectivity index (χ2v) is 13.8. The van der Waals surface area contributed by atoms with Crippen LogP contribution in [0.1, 0.15) is 39.2 Å². The van der Waals surface area contributed by atoms with Crippen molar-refractivity contribution in [3.05, 3.63) is 48.0 Å². The van der Waals surface area contributed by atoms with Crippen LogP contribution in [0.4, 0.5) is 0 Å². The second-order valence-electron chi connectivity index (χ2n) is 8.41. The van der Waals surface area contributed by atoms with Crippen LogP contribution in [0.5, 0.6) is 0 Å². The maximum Gasteiger partial charge on any atom is 0.330 e. The van der Waals surface area contributed by atoms with Crippen molar-refractivity contribution in [3.63, 3.8) is 0 Å². The third-order valence-corrected chi connectivity index (χ3v) is 10.3. The molecule has 0 radical (unpaired) electrons. The molecule has 1 aromatic carbocycles. The summed E-state index contributed by atoms with van der Waals surface area (Å²) in [6, 6.07) is 10.2. The molecule has 0 N–H and O–H groups in total. The molecule has 0 unspecified atom stereocenters. The summed E-state index contributed by atoms with van der Waals surface area (Å²) >= 11 is 3.63. The molecule has 0 bridgehead atoms. The first-order chi connectivity index (χ1) is 13.1. The first kappa shape index (κ1) is 25.1. The third-order valence-electron chi connectivity index (χ3n) is 5.20. The molecule has 0 fully saturated rings. The number of rotatable bonds is 11.